The fourth-order valence-electron chi connectivity index (χ4n) is 2.66. The molecule has 0 atom stereocenters. The average molecular weight is 387 g/mol. The average Bonchev–Trinajstić information content (AvgIpc) is 3.04. The quantitative estimate of drug-likeness (QED) is 0.547. The molecule has 0 bridgehead atoms. The van der Waals surface area contributed by atoms with E-state index in [-0.39, 0.29) is 11.7 Å². The van der Waals surface area contributed by atoms with Gasteiger partial charge in [-0.05, 0) is 36.3 Å². The molecule has 0 saturated carbocycles. The number of aromatic nitrogens is 2. The fourth-order valence-corrected chi connectivity index (χ4v) is 4.23. The lowest BCUT2D eigenvalue weighted by atomic mass is 10.2. The number of nitrogens with one attached hydrogen (secondary N) is 2. The molecule has 8 nitrogen and oxygen atoms in total. The van der Waals surface area contributed by atoms with Gasteiger partial charge in [0.15, 0.2) is 0 Å². The largest absolute Gasteiger partial charge is 0.352 e. The Morgan fingerprint density at radius 1 is 1.15 bits per heavy atom. The van der Waals surface area contributed by atoms with E-state index >= 15 is 0 Å². The first-order valence-corrected chi connectivity index (χ1v) is 10.2. The van der Waals surface area contributed by atoms with E-state index in [0.29, 0.717) is 37.7 Å². The van der Waals surface area contributed by atoms with Gasteiger partial charge in [-0.25, -0.2) is 18.4 Å². The molecule has 1 saturated heterocycles. The van der Waals surface area contributed by atoms with Crippen LogP contribution in [0.5, 0.6) is 0 Å². The molecule has 9 heteroatoms. The lowest BCUT2D eigenvalue weighted by molar-refractivity contribution is -0.116. The van der Waals surface area contributed by atoms with Crippen LogP contribution in [0.4, 0.5) is 11.6 Å². The van der Waals surface area contributed by atoms with Gasteiger partial charge in [-0.15, -0.1) is 0 Å². The predicted octanol–water partition coefficient (Wildman–Crippen LogP) is 1.26. The highest BCUT2D eigenvalue weighted by molar-refractivity contribution is 7.93. The topological polar surface area (TPSA) is 104 Å². The molecule has 3 rings (SSSR count). The zero-order valence-electron chi connectivity index (χ0n) is 14.7. The van der Waals surface area contributed by atoms with E-state index in [4.69, 9.17) is 0 Å². The van der Waals surface area contributed by atoms with E-state index in [1.54, 1.807) is 48.8 Å². The van der Waals surface area contributed by atoms with Crippen LogP contribution in [-0.2, 0) is 14.8 Å². The van der Waals surface area contributed by atoms with Crippen molar-refractivity contribution in [3.8, 4) is 0 Å². The van der Waals surface area contributed by atoms with Gasteiger partial charge in [0.2, 0.25) is 21.9 Å². The molecule has 0 aliphatic carbocycles. The number of nitrogens with zero attached hydrogens (tertiary/aromatic N) is 3. The molecule has 0 spiro atoms. The van der Waals surface area contributed by atoms with Crippen molar-refractivity contribution in [1.82, 2.24) is 15.3 Å². The molecule has 1 aliphatic heterocycles. The van der Waals surface area contributed by atoms with E-state index < -0.39 is 10.0 Å². The van der Waals surface area contributed by atoms with E-state index in [1.807, 2.05) is 0 Å². The maximum Gasteiger partial charge on any atom is 0.244 e. The van der Waals surface area contributed by atoms with Gasteiger partial charge >= 0.3 is 0 Å². The molecule has 1 aromatic carbocycles. The van der Waals surface area contributed by atoms with Crippen molar-refractivity contribution in [2.24, 2.45) is 0 Å². The monoisotopic (exact) mass is 387 g/mol. The number of carbonyl (C=O) groups excluding carboxylic acids is 1. The van der Waals surface area contributed by atoms with Crippen molar-refractivity contribution in [1.29, 1.82) is 0 Å². The Morgan fingerprint density at radius 3 is 2.56 bits per heavy atom. The van der Waals surface area contributed by atoms with Gasteiger partial charge in [-0.1, -0.05) is 12.1 Å². The van der Waals surface area contributed by atoms with E-state index in [9.17, 15) is 13.2 Å². The number of hydrogen-bond acceptors (Lipinski definition) is 6. The van der Waals surface area contributed by atoms with Gasteiger partial charge in [-0.2, -0.15) is 0 Å². The van der Waals surface area contributed by atoms with Crippen LogP contribution in [0.2, 0.25) is 0 Å². The summed E-state index contributed by atoms with van der Waals surface area (Å²) in [6.45, 7) is 1.47. The summed E-state index contributed by atoms with van der Waals surface area (Å²) in [4.78, 5) is 19.9. The molecule has 27 heavy (non-hydrogen) atoms. The third kappa shape index (κ3) is 5.27. The molecule has 0 unspecified atom stereocenters. The number of rotatable bonds is 7. The first-order chi connectivity index (χ1) is 13.0. The summed E-state index contributed by atoms with van der Waals surface area (Å²) in [5.74, 6) is 0.500. The number of amides is 1. The lowest BCUT2D eigenvalue weighted by Crippen LogP contribution is -2.27. The van der Waals surface area contributed by atoms with Crippen molar-refractivity contribution in [2.45, 2.75) is 6.42 Å². The maximum atomic E-state index is 11.9. The van der Waals surface area contributed by atoms with Crippen LogP contribution in [0.15, 0.2) is 48.8 Å². The molecule has 2 N–H and O–H groups in total. The second-order valence-corrected chi connectivity index (χ2v) is 7.97. The Hall–Kier alpha value is -2.94. The summed E-state index contributed by atoms with van der Waals surface area (Å²) >= 11 is 0. The van der Waals surface area contributed by atoms with Crippen molar-refractivity contribution in [3.63, 3.8) is 0 Å². The van der Waals surface area contributed by atoms with Gasteiger partial charge in [0.05, 0.1) is 11.4 Å². The summed E-state index contributed by atoms with van der Waals surface area (Å²) in [5, 5.41) is 5.76. The van der Waals surface area contributed by atoms with Gasteiger partial charge in [0, 0.05) is 38.1 Å². The molecule has 2 heterocycles. The van der Waals surface area contributed by atoms with Gasteiger partial charge in [0.25, 0.3) is 0 Å². The standard InChI is InChI=1S/C18H21N5O3S/c24-17(19-11-12-22-18-20-9-1-10-21-18)8-5-15-3-6-16(7-4-15)23-13-2-14-27(23,25)26/h1,3-10H,2,11-14H2,(H,19,24)(H,20,21,22). The Labute approximate surface area is 158 Å². The lowest BCUT2D eigenvalue weighted by Gasteiger charge is -2.16. The Balaban J connectivity index is 1.45. The van der Waals surface area contributed by atoms with E-state index in [1.165, 1.54) is 10.4 Å². The van der Waals surface area contributed by atoms with E-state index in [0.717, 1.165) is 5.56 Å². The SMILES string of the molecule is O=C(C=Cc1ccc(N2CCCS2(=O)=O)cc1)NCCNc1ncccn1. The molecular weight excluding hydrogens is 366 g/mol. The number of anilines is 2. The molecule has 1 aromatic heterocycles. The zero-order valence-corrected chi connectivity index (χ0v) is 15.5. The minimum absolute atomic E-state index is 0.195. The number of carbonyl (C=O) groups is 1. The fraction of sp³-hybridized carbons (Fsp3) is 0.278. The van der Waals surface area contributed by atoms with Gasteiger partial charge in [0.1, 0.15) is 0 Å². The van der Waals surface area contributed by atoms with Crippen LogP contribution in [-0.4, -0.2) is 49.7 Å². The Bertz CT molecular complexity index is 898. The first-order valence-electron chi connectivity index (χ1n) is 8.62. The molecule has 1 amide bonds. The van der Waals surface area contributed by atoms with Crippen LogP contribution in [0.25, 0.3) is 6.08 Å². The second-order valence-electron chi connectivity index (χ2n) is 5.96. The van der Waals surface area contributed by atoms with Crippen LogP contribution in [0.3, 0.4) is 0 Å². The predicted molar refractivity (Wildman–Crippen MR) is 105 cm³/mol. The highest BCUT2D eigenvalue weighted by Crippen LogP contribution is 2.24. The van der Waals surface area contributed by atoms with Crippen LogP contribution < -0.4 is 14.9 Å². The van der Waals surface area contributed by atoms with Gasteiger partial charge < -0.3 is 10.6 Å². The normalized spacial score (nSPS) is 15.8. The summed E-state index contributed by atoms with van der Waals surface area (Å²) in [7, 11) is -3.18. The van der Waals surface area contributed by atoms with Gasteiger partial charge in [-0.3, -0.25) is 9.10 Å². The van der Waals surface area contributed by atoms with Crippen molar-refractivity contribution in [3.05, 3.63) is 54.4 Å². The Kier molecular flexibility index (Phi) is 6.02. The molecule has 0 radical (unpaired) electrons. The van der Waals surface area contributed by atoms with Crippen LogP contribution in [0.1, 0.15) is 12.0 Å². The molecule has 142 valence electrons. The van der Waals surface area contributed by atoms with Crippen LogP contribution >= 0.6 is 0 Å². The molecule has 2 aromatic rings. The maximum absolute atomic E-state index is 11.9. The van der Waals surface area contributed by atoms with Crippen molar-refractivity contribution < 1.29 is 13.2 Å². The zero-order chi connectivity index (χ0) is 19.1. The highest BCUT2D eigenvalue weighted by atomic mass is 32.2. The molecular formula is C18H21N5O3S. The minimum Gasteiger partial charge on any atom is -0.352 e. The summed E-state index contributed by atoms with van der Waals surface area (Å²) in [5.41, 5.74) is 1.48. The summed E-state index contributed by atoms with van der Waals surface area (Å²) in [6.07, 6.45) is 7.06. The first kappa shape index (κ1) is 18.8. The number of benzene rings is 1. The molecule has 1 aliphatic rings. The number of hydrogen-bond donors (Lipinski definition) is 2. The Morgan fingerprint density at radius 2 is 1.89 bits per heavy atom. The summed E-state index contributed by atoms with van der Waals surface area (Å²) in [6, 6.07) is 8.82. The highest BCUT2D eigenvalue weighted by Gasteiger charge is 2.28. The third-order valence-corrected chi connectivity index (χ3v) is 5.85. The van der Waals surface area contributed by atoms with Crippen molar-refractivity contribution >= 4 is 33.6 Å². The number of sulfonamides is 1. The third-order valence-electron chi connectivity index (χ3n) is 3.98. The summed E-state index contributed by atoms with van der Waals surface area (Å²) < 4.78 is 25.3. The van der Waals surface area contributed by atoms with Crippen LogP contribution in [0, 0.1) is 0 Å². The smallest absolute Gasteiger partial charge is 0.244 e. The second kappa shape index (κ2) is 8.63. The minimum atomic E-state index is -3.18. The molecule has 1 fully saturated rings. The van der Waals surface area contributed by atoms with Crippen molar-refractivity contribution in [2.75, 3.05) is 35.0 Å². The van der Waals surface area contributed by atoms with E-state index in [2.05, 4.69) is 20.6 Å².